The molecule has 0 saturated heterocycles. The lowest BCUT2D eigenvalue weighted by Gasteiger charge is -1.98. The van der Waals surface area contributed by atoms with Crippen molar-refractivity contribution in [1.29, 1.82) is 0 Å². The third kappa shape index (κ3) is 1.67. The molecule has 2 aromatic rings. The molecule has 4 heteroatoms. The number of rotatable bonds is 2. The molecule has 0 fully saturated rings. The van der Waals surface area contributed by atoms with E-state index in [1.807, 2.05) is 24.5 Å². The van der Waals surface area contributed by atoms with Crippen LogP contribution in [0.25, 0.3) is 5.65 Å². The Kier molecular flexibility index (Phi) is 2.47. The van der Waals surface area contributed by atoms with E-state index in [9.17, 15) is 0 Å². The number of hydrogen-bond donors (Lipinski definition) is 0. The molecule has 0 unspecified atom stereocenters. The smallest absolute Gasteiger partial charge is 0.138 e. The normalized spacial score (nSPS) is 10.9. The lowest BCUT2D eigenvalue weighted by molar-refractivity contribution is 1.09. The molecule has 0 aliphatic rings. The SMILES string of the molecule is CSCc1cnc2cc(Cl)ccn12. The number of nitrogens with zero attached hydrogens (tertiary/aromatic N) is 2. The maximum Gasteiger partial charge on any atom is 0.138 e. The molecule has 2 heterocycles. The van der Waals surface area contributed by atoms with Crippen LogP contribution in [0.4, 0.5) is 0 Å². The van der Waals surface area contributed by atoms with Gasteiger partial charge in [0.05, 0.1) is 11.9 Å². The van der Waals surface area contributed by atoms with Gasteiger partial charge in [0.25, 0.3) is 0 Å². The minimum absolute atomic E-state index is 0.730. The van der Waals surface area contributed by atoms with Gasteiger partial charge in [0.1, 0.15) is 5.65 Å². The Balaban J connectivity index is 2.55. The average Bonchev–Trinajstić information content (AvgIpc) is 2.49. The van der Waals surface area contributed by atoms with Gasteiger partial charge < -0.3 is 4.40 Å². The summed E-state index contributed by atoms with van der Waals surface area (Å²) in [5.41, 5.74) is 2.12. The molecule has 68 valence electrons. The van der Waals surface area contributed by atoms with Crippen molar-refractivity contribution in [3.63, 3.8) is 0 Å². The highest BCUT2D eigenvalue weighted by Crippen LogP contribution is 2.15. The van der Waals surface area contributed by atoms with Gasteiger partial charge in [-0.2, -0.15) is 11.8 Å². The fourth-order valence-electron chi connectivity index (χ4n) is 1.26. The third-order valence-corrected chi connectivity index (χ3v) is 2.66. The van der Waals surface area contributed by atoms with E-state index in [0.29, 0.717) is 0 Å². The average molecular weight is 213 g/mol. The third-order valence-electron chi connectivity index (χ3n) is 1.84. The second kappa shape index (κ2) is 3.60. The van der Waals surface area contributed by atoms with Gasteiger partial charge in [-0.3, -0.25) is 0 Å². The first-order valence-corrected chi connectivity index (χ1v) is 5.69. The van der Waals surface area contributed by atoms with E-state index in [2.05, 4.69) is 15.6 Å². The molecular formula is C9H9ClN2S. The summed E-state index contributed by atoms with van der Waals surface area (Å²) in [5, 5.41) is 0.730. The van der Waals surface area contributed by atoms with Gasteiger partial charge in [0.15, 0.2) is 0 Å². The van der Waals surface area contributed by atoms with Crippen LogP contribution in [0.3, 0.4) is 0 Å². The number of hydrogen-bond acceptors (Lipinski definition) is 2. The standard InChI is InChI=1S/C9H9ClN2S/c1-13-6-8-5-11-9-4-7(10)2-3-12(8)9/h2-5H,6H2,1H3. The zero-order valence-corrected chi connectivity index (χ0v) is 8.77. The van der Waals surface area contributed by atoms with Crippen LogP contribution in [0.2, 0.25) is 5.02 Å². The van der Waals surface area contributed by atoms with Crippen LogP contribution in [-0.2, 0) is 5.75 Å². The van der Waals surface area contributed by atoms with Gasteiger partial charge in [-0.25, -0.2) is 4.98 Å². The molecule has 0 N–H and O–H groups in total. The lowest BCUT2D eigenvalue weighted by atomic mass is 10.4. The van der Waals surface area contributed by atoms with Crippen molar-refractivity contribution in [3.8, 4) is 0 Å². The van der Waals surface area contributed by atoms with Gasteiger partial charge in [0, 0.05) is 17.0 Å². The monoisotopic (exact) mass is 212 g/mol. The summed E-state index contributed by atoms with van der Waals surface area (Å²) in [7, 11) is 0. The quantitative estimate of drug-likeness (QED) is 0.762. The van der Waals surface area contributed by atoms with Crippen LogP contribution in [0, 0.1) is 0 Å². The minimum atomic E-state index is 0.730. The van der Waals surface area contributed by atoms with Crippen molar-refractivity contribution in [1.82, 2.24) is 9.38 Å². The summed E-state index contributed by atoms with van der Waals surface area (Å²) < 4.78 is 2.06. The Labute approximate surface area is 85.9 Å². The molecule has 2 rings (SSSR count). The Morgan fingerprint density at radius 2 is 2.46 bits per heavy atom. The number of aromatic nitrogens is 2. The summed E-state index contributed by atoms with van der Waals surface area (Å²) in [5.74, 6) is 0.975. The Hall–Kier alpha value is -0.670. The molecular weight excluding hydrogens is 204 g/mol. The highest BCUT2D eigenvalue weighted by atomic mass is 35.5. The Morgan fingerprint density at radius 1 is 1.62 bits per heavy atom. The fraction of sp³-hybridized carbons (Fsp3) is 0.222. The predicted molar refractivity (Wildman–Crippen MR) is 57.4 cm³/mol. The van der Waals surface area contributed by atoms with Crippen molar-refractivity contribution in [2.75, 3.05) is 6.26 Å². The van der Waals surface area contributed by atoms with Gasteiger partial charge >= 0.3 is 0 Å². The summed E-state index contributed by atoms with van der Waals surface area (Å²) in [6.45, 7) is 0. The molecule has 0 amide bonds. The van der Waals surface area contributed by atoms with Crippen LogP contribution in [-0.4, -0.2) is 15.6 Å². The van der Waals surface area contributed by atoms with Crippen molar-refractivity contribution in [2.45, 2.75) is 5.75 Å². The number of halogens is 1. The van der Waals surface area contributed by atoms with E-state index in [0.717, 1.165) is 16.4 Å². The van der Waals surface area contributed by atoms with Crippen LogP contribution >= 0.6 is 23.4 Å². The highest BCUT2D eigenvalue weighted by molar-refractivity contribution is 7.97. The maximum atomic E-state index is 5.85. The molecule has 0 aliphatic carbocycles. The summed E-state index contributed by atoms with van der Waals surface area (Å²) >= 11 is 7.63. The molecule has 0 radical (unpaired) electrons. The van der Waals surface area contributed by atoms with Crippen LogP contribution < -0.4 is 0 Å². The van der Waals surface area contributed by atoms with Crippen molar-refractivity contribution >= 4 is 29.0 Å². The van der Waals surface area contributed by atoms with Gasteiger partial charge in [0.2, 0.25) is 0 Å². The Morgan fingerprint density at radius 3 is 3.23 bits per heavy atom. The maximum absolute atomic E-state index is 5.85. The largest absolute Gasteiger partial charge is 0.303 e. The number of pyridine rings is 1. The van der Waals surface area contributed by atoms with Crippen LogP contribution in [0.5, 0.6) is 0 Å². The van der Waals surface area contributed by atoms with E-state index in [-0.39, 0.29) is 0 Å². The number of imidazole rings is 1. The van der Waals surface area contributed by atoms with E-state index >= 15 is 0 Å². The lowest BCUT2D eigenvalue weighted by Crippen LogP contribution is -1.89. The molecule has 0 bridgehead atoms. The van der Waals surface area contributed by atoms with Gasteiger partial charge in [-0.05, 0) is 18.4 Å². The van der Waals surface area contributed by atoms with E-state index < -0.39 is 0 Å². The van der Waals surface area contributed by atoms with E-state index in [4.69, 9.17) is 11.6 Å². The zero-order chi connectivity index (χ0) is 9.26. The van der Waals surface area contributed by atoms with Crippen molar-refractivity contribution in [3.05, 3.63) is 35.2 Å². The van der Waals surface area contributed by atoms with Gasteiger partial charge in [-0.15, -0.1) is 0 Å². The summed E-state index contributed by atoms with van der Waals surface area (Å²) in [6.07, 6.45) is 5.92. The fourth-order valence-corrected chi connectivity index (χ4v) is 1.93. The molecule has 13 heavy (non-hydrogen) atoms. The summed E-state index contributed by atoms with van der Waals surface area (Å²) in [4.78, 5) is 4.26. The molecule has 0 aromatic carbocycles. The van der Waals surface area contributed by atoms with Crippen LogP contribution in [0.15, 0.2) is 24.5 Å². The van der Waals surface area contributed by atoms with Crippen molar-refractivity contribution in [2.24, 2.45) is 0 Å². The molecule has 2 aromatic heterocycles. The zero-order valence-electron chi connectivity index (χ0n) is 7.20. The first kappa shape index (κ1) is 8.91. The first-order valence-electron chi connectivity index (χ1n) is 3.91. The van der Waals surface area contributed by atoms with E-state index in [1.165, 1.54) is 5.69 Å². The van der Waals surface area contributed by atoms with Crippen molar-refractivity contribution < 1.29 is 0 Å². The summed E-state index contributed by atoms with van der Waals surface area (Å²) in [6, 6.07) is 3.74. The Bertz CT molecular complexity index is 424. The molecule has 0 spiro atoms. The molecule has 0 atom stereocenters. The van der Waals surface area contributed by atoms with Crippen LogP contribution in [0.1, 0.15) is 5.69 Å². The molecule has 0 saturated carbocycles. The first-order chi connectivity index (χ1) is 6.31. The predicted octanol–water partition coefficient (Wildman–Crippen LogP) is 2.85. The van der Waals surface area contributed by atoms with E-state index in [1.54, 1.807) is 11.8 Å². The molecule has 0 aliphatic heterocycles. The second-order valence-corrected chi connectivity index (χ2v) is 4.06. The topological polar surface area (TPSA) is 17.3 Å². The second-order valence-electron chi connectivity index (χ2n) is 2.76. The van der Waals surface area contributed by atoms with Gasteiger partial charge in [-0.1, -0.05) is 11.6 Å². The highest BCUT2D eigenvalue weighted by Gasteiger charge is 2.01. The number of thioether (sulfide) groups is 1. The number of fused-ring (bicyclic) bond motifs is 1. The minimum Gasteiger partial charge on any atom is -0.303 e. The molecule has 2 nitrogen and oxygen atoms in total.